The predicted molar refractivity (Wildman–Crippen MR) is 65.2 cm³/mol. The molecule has 2 rings (SSSR count). The van der Waals surface area contributed by atoms with Crippen LogP contribution in [0.4, 0.5) is 20.2 Å². The molecule has 1 amide bonds. The van der Waals surface area contributed by atoms with E-state index >= 15 is 0 Å². The Morgan fingerprint density at radius 3 is 2.39 bits per heavy atom. The van der Waals surface area contributed by atoms with Gasteiger partial charge < -0.3 is 11.1 Å². The summed E-state index contributed by atoms with van der Waals surface area (Å²) in [6, 6.07) is 8.96. The third-order valence-corrected chi connectivity index (χ3v) is 2.35. The highest BCUT2D eigenvalue weighted by molar-refractivity contribution is 6.04. The van der Waals surface area contributed by atoms with Gasteiger partial charge in [-0.2, -0.15) is 0 Å². The molecule has 0 spiro atoms. The Bertz CT molecular complexity index is 582. The lowest BCUT2D eigenvalue weighted by Gasteiger charge is -2.06. The molecule has 2 aromatic carbocycles. The van der Waals surface area contributed by atoms with Crippen LogP contribution in [0.2, 0.25) is 0 Å². The largest absolute Gasteiger partial charge is 0.399 e. The summed E-state index contributed by atoms with van der Waals surface area (Å²) >= 11 is 0. The van der Waals surface area contributed by atoms with Gasteiger partial charge in [0.1, 0.15) is 11.6 Å². The average molecular weight is 248 g/mol. The number of rotatable bonds is 2. The summed E-state index contributed by atoms with van der Waals surface area (Å²) in [6.45, 7) is 0. The number of nitrogens with two attached hydrogens (primary N) is 1. The smallest absolute Gasteiger partial charge is 0.255 e. The number of hydrogen-bond donors (Lipinski definition) is 2. The molecule has 5 heteroatoms. The molecule has 2 aromatic rings. The number of carbonyl (C=O) groups excluding carboxylic acids is 1. The highest BCUT2D eigenvalue weighted by Gasteiger charge is 2.09. The van der Waals surface area contributed by atoms with Crippen molar-refractivity contribution in [1.82, 2.24) is 0 Å². The standard InChI is InChI=1S/C13H10F2N2O/c14-9-3-6-11(15)12(7-9)17-13(18)8-1-4-10(16)5-2-8/h1-7H,16H2,(H,17,18). The first-order valence-electron chi connectivity index (χ1n) is 5.18. The van der Waals surface area contributed by atoms with E-state index in [0.29, 0.717) is 11.3 Å². The summed E-state index contributed by atoms with van der Waals surface area (Å²) in [6.07, 6.45) is 0. The Morgan fingerprint density at radius 1 is 1.06 bits per heavy atom. The van der Waals surface area contributed by atoms with Crippen molar-refractivity contribution < 1.29 is 13.6 Å². The molecule has 0 unspecified atom stereocenters. The zero-order valence-corrected chi connectivity index (χ0v) is 9.28. The quantitative estimate of drug-likeness (QED) is 0.803. The van der Waals surface area contributed by atoms with Crippen molar-refractivity contribution in [2.24, 2.45) is 0 Å². The molecule has 0 saturated heterocycles. The van der Waals surface area contributed by atoms with E-state index in [1.807, 2.05) is 0 Å². The van der Waals surface area contributed by atoms with Gasteiger partial charge in [0.25, 0.3) is 5.91 Å². The van der Waals surface area contributed by atoms with Crippen molar-refractivity contribution in [3.05, 3.63) is 59.7 Å². The van der Waals surface area contributed by atoms with Crippen LogP contribution in [0, 0.1) is 11.6 Å². The number of benzene rings is 2. The molecule has 0 aliphatic rings. The lowest BCUT2D eigenvalue weighted by Crippen LogP contribution is -2.13. The molecule has 3 nitrogen and oxygen atoms in total. The Balaban J connectivity index is 2.21. The zero-order chi connectivity index (χ0) is 13.1. The monoisotopic (exact) mass is 248 g/mol. The molecule has 92 valence electrons. The van der Waals surface area contributed by atoms with Crippen LogP contribution in [0.15, 0.2) is 42.5 Å². The van der Waals surface area contributed by atoms with E-state index in [2.05, 4.69) is 5.32 Å². The number of nitrogen functional groups attached to an aromatic ring is 1. The first-order valence-corrected chi connectivity index (χ1v) is 5.18. The molecule has 0 atom stereocenters. The van der Waals surface area contributed by atoms with Crippen molar-refractivity contribution in [1.29, 1.82) is 0 Å². The van der Waals surface area contributed by atoms with Gasteiger partial charge in [0.2, 0.25) is 0 Å². The van der Waals surface area contributed by atoms with Gasteiger partial charge in [-0.3, -0.25) is 4.79 Å². The number of nitrogens with one attached hydrogen (secondary N) is 1. The number of amides is 1. The molecule has 0 saturated carbocycles. The zero-order valence-electron chi connectivity index (χ0n) is 9.28. The summed E-state index contributed by atoms with van der Waals surface area (Å²) in [7, 11) is 0. The van der Waals surface area contributed by atoms with Crippen LogP contribution in [0.5, 0.6) is 0 Å². The SMILES string of the molecule is Nc1ccc(C(=O)Nc2cc(F)ccc2F)cc1. The van der Waals surface area contributed by atoms with E-state index in [4.69, 9.17) is 5.73 Å². The molecule has 0 fully saturated rings. The van der Waals surface area contributed by atoms with Gasteiger partial charge in [-0.05, 0) is 36.4 Å². The van der Waals surface area contributed by atoms with E-state index in [1.54, 1.807) is 12.1 Å². The molecule has 0 aliphatic carbocycles. The Hall–Kier alpha value is -2.43. The van der Waals surface area contributed by atoms with Crippen LogP contribution < -0.4 is 11.1 Å². The van der Waals surface area contributed by atoms with Crippen LogP contribution in [0.25, 0.3) is 0 Å². The minimum Gasteiger partial charge on any atom is -0.399 e. The molecule has 0 bridgehead atoms. The molecule has 0 radical (unpaired) electrons. The van der Waals surface area contributed by atoms with Gasteiger partial charge in [0.05, 0.1) is 5.69 Å². The van der Waals surface area contributed by atoms with Crippen LogP contribution in [-0.4, -0.2) is 5.91 Å². The van der Waals surface area contributed by atoms with Gasteiger partial charge in [0.15, 0.2) is 0 Å². The van der Waals surface area contributed by atoms with Crippen LogP contribution in [-0.2, 0) is 0 Å². The maximum atomic E-state index is 13.3. The highest BCUT2D eigenvalue weighted by atomic mass is 19.1. The van der Waals surface area contributed by atoms with Gasteiger partial charge >= 0.3 is 0 Å². The topological polar surface area (TPSA) is 55.1 Å². The molecule has 0 aromatic heterocycles. The number of hydrogen-bond acceptors (Lipinski definition) is 2. The second-order valence-corrected chi connectivity index (χ2v) is 3.70. The van der Waals surface area contributed by atoms with Gasteiger partial charge in [-0.1, -0.05) is 0 Å². The maximum Gasteiger partial charge on any atom is 0.255 e. The van der Waals surface area contributed by atoms with Gasteiger partial charge in [-0.15, -0.1) is 0 Å². The summed E-state index contributed by atoms with van der Waals surface area (Å²) in [4.78, 5) is 11.7. The van der Waals surface area contributed by atoms with Crippen molar-refractivity contribution in [2.75, 3.05) is 11.1 Å². The molecular weight excluding hydrogens is 238 g/mol. The Morgan fingerprint density at radius 2 is 1.72 bits per heavy atom. The van der Waals surface area contributed by atoms with Crippen LogP contribution in [0.3, 0.4) is 0 Å². The van der Waals surface area contributed by atoms with E-state index in [-0.39, 0.29) is 5.69 Å². The van der Waals surface area contributed by atoms with E-state index in [0.717, 1.165) is 18.2 Å². The summed E-state index contributed by atoms with van der Waals surface area (Å²) in [5.41, 5.74) is 6.11. The Kier molecular flexibility index (Phi) is 3.23. The first kappa shape index (κ1) is 12.0. The second-order valence-electron chi connectivity index (χ2n) is 3.70. The number of anilines is 2. The summed E-state index contributed by atoms with van der Waals surface area (Å²) in [5, 5.41) is 2.29. The molecule has 3 N–H and O–H groups in total. The average Bonchev–Trinajstić information content (AvgIpc) is 2.34. The fourth-order valence-corrected chi connectivity index (χ4v) is 1.42. The van der Waals surface area contributed by atoms with E-state index < -0.39 is 17.5 Å². The minimum atomic E-state index is -0.694. The summed E-state index contributed by atoms with van der Waals surface area (Å²) in [5.74, 6) is -1.84. The van der Waals surface area contributed by atoms with Crippen molar-refractivity contribution in [3.8, 4) is 0 Å². The molecule has 0 aliphatic heterocycles. The van der Waals surface area contributed by atoms with Crippen LogP contribution in [0.1, 0.15) is 10.4 Å². The second kappa shape index (κ2) is 4.83. The number of carbonyl (C=O) groups is 1. The first-order chi connectivity index (χ1) is 8.56. The third-order valence-electron chi connectivity index (χ3n) is 2.35. The normalized spacial score (nSPS) is 10.1. The lowest BCUT2D eigenvalue weighted by molar-refractivity contribution is 0.102. The highest BCUT2D eigenvalue weighted by Crippen LogP contribution is 2.16. The predicted octanol–water partition coefficient (Wildman–Crippen LogP) is 2.80. The van der Waals surface area contributed by atoms with Crippen molar-refractivity contribution in [3.63, 3.8) is 0 Å². The molecule has 0 heterocycles. The van der Waals surface area contributed by atoms with Gasteiger partial charge in [0, 0.05) is 17.3 Å². The maximum absolute atomic E-state index is 13.3. The third kappa shape index (κ3) is 2.63. The number of halogens is 2. The summed E-state index contributed by atoms with van der Waals surface area (Å²) < 4.78 is 26.2. The lowest BCUT2D eigenvalue weighted by atomic mass is 10.2. The van der Waals surface area contributed by atoms with Crippen LogP contribution >= 0.6 is 0 Å². The fourth-order valence-electron chi connectivity index (χ4n) is 1.42. The van der Waals surface area contributed by atoms with Gasteiger partial charge in [-0.25, -0.2) is 8.78 Å². The fraction of sp³-hybridized carbons (Fsp3) is 0. The van der Waals surface area contributed by atoms with Crippen molar-refractivity contribution >= 4 is 17.3 Å². The van der Waals surface area contributed by atoms with Crippen molar-refractivity contribution in [2.45, 2.75) is 0 Å². The minimum absolute atomic E-state index is 0.197. The molecule has 18 heavy (non-hydrogen) atoms. The van der Waals surface area contributed by atoms with E-state index in [9.17, 15) is 13.6 Å². The Labute approximate surface area is 102 Å². The van der Waals surface area contributed by atoms with E-state index in [1.165, 1.54) is 12.1 Å². The molecular formula is C13H10F2N2O.